The van der Waals surface area contributed by atoms with Gasteiger partial charge in [-0.2, -0.15) is 0 Å². The van der Waals surface area contributed by atoms with Crippen LogP contribution in [0.15, 0.2) is 11.6 Å². The Morgan fingerprint density at radius 3 is 2.51 bits per heavy atom. The Bertz CT molecular complexity index is 1350. The molecule has 2 saturated heterocycles. The maximum Gasteiger partial charge on any atom is 0.159 e. The van der Waals surface area contributed by atoms with Crippen LogP contribution in [0.4, 0.5) is 0 Å². The van der Waals surface area contributed by atoms with E-state index >= 15 is 0 Å². The minimum Gasteiger partial charge on any atom is -0.390 e. The smallest absolute Gasteiger partial charge is 0.159 e. The lowest BCUT2D eigenvalue weighted by atomic mass is 9.41. The summed E-state index contributed by atoms with van der Waals surface area (Å²) in [5, 5.41) is 64.9. The van der Waals surface area contributed by atoms with Gasteiger partial charge in [0.25, 0.3) is 0 Å². The number of aliphatic hydroxyl groups excluding tert-OH is 3. The van der Waals surface area contributed by atoms with Crippen molar-refractivity contribution in [2.75, 3.05) is 20.1 Å². The Hall–Kier alpha value is -0.950. The Morgan fingerprint density at radius 2 is 1.81 bits per heavy atom. The molecular weight excluding hydrogens is 670 g/mol. The third kappa shape index (κ3) is 6.64. The number of carbonyl (C=O) groups is 1. The topological polar surface area (TPSA) is 187 Å². The van der Waals surface area contributed by atoms with Crippen molar-refractivity contribution in [2.45, 2.75) is 172 Å². The molecule has 6 fully saturated rings. The van der Waals surface area contributed by atoms with Crippen molar-refractivity contribution in [3.05, 3.63) is 11.6 Å². The van der Waals surface area contributed by atoms with Crippen molar-refractivity contribution in [2.24, 2.45) is 63.9 Å². The van der Waals surface area contributed by atoms with Gasteiger partial charge in [-0.1, -0.05) is 40.0 Å². The van der Waals surface area contributed by atoms with Crippen LogP contribution in [0, 0.1) is 58.2 Å². The number of aliphatic hydroxyl groups is 5. The highest BCUT2D eigenvalue weighted by atomic mass is 16.5. The Labute approximate surface area is 318 Å². The molecule has 0 radical (unpaired) electrons. The summed E-state index contributed by atoms with van der Waals surface area (Å²) in [5.41, 5.74) is 2.74. The zero-order valence-corrected chi connectivity index (χ0v) is 33.5. The van der Waals surface area contributed by atoms with Crippen LogP contribution in [0.3, 0.4) is 0 Å². The summed E-state index contributed by atoms with van der Waals surface area (Å²) in [7, 11) is 2.07. The molecule has 7 rings (SSSR count). The molecule has 0 aromatic carbocycles. The molecule has 53 heavy (non-hydrogen) atoms. The van der Waals surface area contributed by atoms with Crippen molar-refractivity contribution in [3.8, 4) is 0 Å². The molecular formula is C43H75N3O7+2. The van der Waals surface area contributed by atoms with Crippen LogP contribution in [0.2, 0.25) is 0 Å². The first-order chi connectivity index (χ1) is 25.1. The van der Waals surface area contributed by atoms with Crippen molar-refractivity contribution in [1.29, 1.82) is 0 Å². The van der Waals surface area contributed by atoms with Gasteiger partial charge < -0.3 is 40.9 Å². The SMILES string of the molecule is CCCC1CCC2OC(C(O)C(C)(O)C3CCC4(O)C5=CC(=O)C6CC(O)C(O)CC6(CCC6CCC(N)[NH2+]C6)C5C(C[NH2+]C)CC34C)C(C)C2CC1. The van der Waals surface area contributed by atoms with Crippen molar-refractivity contribution in [3.63, 3.8) is 0 Å². The first-order valence-corrected chi connectivity index (χ1v) is 21.9. The number of ketones is 1. The van der Waals surface area contributed by atoms with Crippen LogP contribution in [0.5, 0.6) is 0 Å². The lowest BCUT2D eigenvalue weighted by Gasteiger charge is -2.64. The molecule has 2 aliphatic heterocycles. The first kappa shape index (κ1) is 40.3. The Kier molecular flexibility index (Phi) is 11.5. The number of nitrogens with two attached hydrogens (primary N) is 3. The van der Waals surface area contributed by atoms with E-state index in [-0.39, 0.29) is 42.2 Å². The molecule has 11 N–H and O–H groups in total. The molecule has 7 aliphatic rings. The van der Waals surface area contributed by atoms with Crippen LogP contribution in [0.25, 0.3) is 0 Å². The standard InChI is InChI=1S/C43H73N3O7/c1-6-7-25-8-11-28-24(2)38(53-34(28)12-9-25)39(50)41(4,51)35-15-17-43(52)30-19-31(47)29-18-32(48)33(49)21-42(29,16-14-26-10-13-36(44)46-22-26)37(30)27(23-45-5)20-40(35,43)3/h19,24-29,32-39,45-46,48-52H,6-18,20-23,44H2,1-5H3/p+2. The zero-order chi connectivity index (χ0) is 38.1. The van der Waals surface area contributed by atoms with Gasteiger partial charge in [0.1, 0.15) is 12.3 Å². The summed E-state index contributed by atoms with van der Waals surface area (Å²) in [6.07, 6.45) is 11.3. The molecule has 0 amide bonds. The number of fused-ring (bicyclic) bond motifs is 6. The Morgan fingerprint density at radius 1 is 1.08 bits per heavy atom. The van der Waals surface area contributed by atoms with Crippen molar-refractivity contribution >= 4 is 5.78 Å². The van der Waals surface area contributed by atoms with E-state index in [1.54, 1.807) is 13.0 Å². The molecule has 18 unspecified atom stereocenters. The highest BCUT2D eigenvalue weighted by Crippen LogP contribution is 2.71. The highest BCUT2D eigenvalue weighted by molar-refractivity contribution is 5.95. The molecule has 5 aliphatic carbocycles. The van der Waals surface area contributed by atoms with E-state index < -0.39 is 58.3 Å². The van der Waals surface area contributed by atoms with E-state index in [1.165, 1.54) is 19.3 Å². The minimum absolute atomic E-state index is 0.0422. The third-order valence-electron chi connectivity index (χ3n) is 17.3. The first-order valence-electron chi connectivity index (χ1n) is 21.9. The van der Waals surface area contributed by atoms with Gasteiger partial charge in [-0.15, -0.1) is 0 Å². The fraction of sp³-hybridized carbons (Fsp3) is 0.930. The summed E-state index contributed by atoms with van der Waals surface area (Å²) in [6.45, 7) is 10.1. The number of carbonyl (C=O) groups excluding carboxylic acids is 1. The lowest BCUT2D eigenvalue weighted by molar-refractivity contribution is -0.703. The average molecular weight is 746 g/mol. The van der Waals surface area contributed by atoms with E-state index in [9.17, 15) is 30.3 Å². The highest BCUT2D eigenvalue weighted by Gasteiger charge is 2.72. The number of allylic oxidation sites excluding steroid dienone is 1. The number of ether oxygens (including phenoxy) is 1. The number of hydrogen-bond donors (Lipinski definition) is 8. The van der Waals surface area contributed by atoms with Gasteiger partial charge in [0, 0.05) is 29.6 Å². The van der Waals surface area contributed by atoms with Crippen LogP contribution in [0.1, 0.15) is 124 Å². The Balaban J connectivity index is 1.19. The second-order valence-corrected chi connectivity index (χ2v) is 20.1. The normalized spacial score (nSPS) is 50.2. The number of quaternary nitrogens is 2. The molecule has 302 valence electrons. The quantitative estimate of drug-likeness (QED) is 0.166. The fourth-order valence-electron chi connectivity index (χ4n) is 14.5. The maximum atomic E-state index is 14.4. The molecule has 0 aromatic heterocycles. The average Bonchev–Trinajstić information content (AvgIpc) is 3.49. The molecule has 10 heteroatoms. The van der Waals surface area contributed by atoms with Gasteiger partial charge in [-0.3, -0.25) is 10.5 Å². The molecule has 2 heterocycles. The molecule has 18 atom stereocenters. The van der Waals surface area contributed by atoms with Gasteiger partial charge in [-0.05, 0) is 124 Å². The minimum atomic E-state index is -1.53. The van der Waals surface area contributed by atoms with Crippen LogP contribution in [-0.4, -0.2) is 99.3 Å². The molecule has 0 aromatic rings. The van der Waals surface area contributed by atoms with E-state index in [0.29, 0.717) is 37.5 Å². The zero-order valence-electron chi connectivity index (χ0n) is 33.5. The molecule has 4 saturated carbocycles. The van der Waals surface area contributed by atoms with E-state index in [0.717, 1.165) is 69.5 Å². The molecule has 10 nitrogen and oxygen atoms in total. The summed E-state index contributed by atoms with van der Waals surface area (Å²) in [4.78, 5) is 14.4. The lowest BCUT2D eigenvalue weighted by Crippen LogP contribution is -2.95. The van der Waals surface area contributed by atoms with Gasteiger partial charge in [-0.25, -0.2) is 0 Å². The summed E-state index contributed by atoms with van der Waals surface area (Å²) < 4.78 is 6.73. The van der Waals surface area contributed by atoms with Gasteiger partial charge in [0.05, 0.1) is 55.8 Å². The van der Waals surface area contributed by atoms with Crippen molar-refractivity contribution in [1.82, 2.24) is 0 Å². The summed E-state index contributed by atoms with van der Waals surface area (Å²) in [6, 6.07) is 0. The number of piperidine rings is 1. The van der Waals surface area contributed by atoms with Gasteiger partial charge >= 0.3 is 0 Å². The largest absolute Gasteiger partial charge is 0.390 e. The third-order valence-corrected chi connectivity index (χ3v) is 17.3. The van der Waals surface area contributed by atoms with Crippen LogP contribution in [-0.2, 0) is 9.53 Å². The summed E-state index contributed by atoms with van der Waals surface area (Å²) >= 11 is 0. The van der Waals surface area contributed by atoms with Crippen molar-refractivity contribution < 1.29 is 45.7 Å². The maximum absolute atomic E-state index is 14.4. The molecule has 0 spiro atoms. The van der Waals surface area contributed by atoms with Gasteiger partial charge in [0.15, 0.2) is 5.78 Å². The fourth-order valence-corrected chi connectivity index (χ4v) is 14.5. The monoisotopic (exact) mass is 746 g/mol. The second kappa shape index (κ2) is 15.1. The second-order valence-electron chi connectivity index (χ2n) is 20.1. The van der Waals surface area contributed by atoms with Gasteiger partial charge in [0.2, 0.25) is 0 Å². The number of hydrogen-bond acceptors (Lipinski definition) is 8. The van der Waals surface area contributed by atoms with E-state index in [2.05, 4.69) is 38.5 Å². The number of rotatable bonds is 10. The predicted octanol–water partition coefficient (Wildman–Crippen LogP) is 1.75. The summed E-state index contributed by atoms with van der Waals surface area (Å²) in [5.74, 6) is 0.762. The van der Waals surface area contributed by atoms with Crippen LogP contribution < -0.4 is 16.4 Å². The van der Waals surface area contributed by atoms with Crippen LogP contribution >= 0.6 is 0 Å². The molecule has 0 bridgehead atoms. The van der Waals surface area contributed by atoms with E-state index in [4.69, 9.17) is 10.5 Å². The van der Waals surface area contributed by atoms with E-state index in [1.807, 2.05) is 0 Å². The predicted molar refractivity (Wildman–Crippen MR) is 202 cm³/mol.